The van der Waals surface area contributed by atoms with Gasteiger partial charge in [0.05, 0.1) is 0 Å². The van der Waals surface area contributed by atoms with Crippen molar-refractivity contribution >= 4 is 37.7 Å². The van der Waals surface area contributed by atoms with Gasteiger partial charge in [-0.2, -0.15) is 0 Å². The average molecular weight is 242 g/mol. The molecule has 0 aromatic heterocycles. The second-order valence-corrected chi connectivity index (χ2v) is 3.53. The van der Waals surface area contributed by atoms with Gasteiger partial charge >= 0.3 is 37.7 Å². The van der Waals surface area contributed by atoms with Crippen LogP contribution in [0.1, 0.15) is 65.2 Å². The molecule has 0 bridgehead atoms. The SMILES string of the molecule is CCCCCC[O-].CCCCCC[O-].[Ca+2]. The zero-order valence-corrected chi connectivity index (χ0v) is 12.8. The minimum Gasteiger partial charge on any atom is -0.854 e. The summed E-state index contributed by atoms with van der Waals surface area (Å²) in [4.78, 5) is 0. The van der Waals surface area contributed by atoms with Crippen LogP contribution in [0.15, 0.2) is 0 Å². The van der Waals surface area contributed by atoms with Crippen molar-refractivity contribution in [2.75, 3.05) is 13.2 Å². The molecule has 0 saturated carbocycles. The second-order valence-electron chi connectivity index (χ2n) is 3.53. The summed E-state index contributed by atoms with van der Waals surface area (Å²) in [6.07, 6.45) is 8.88. The van der Waals surface area contributed by atoms with E-state index in [4.69, 9.17) is 0 Å². The Balaban J connectivity index is -0.000000180. The number of hydrogen-bond donors (Lipinski definition) is 0. The quantitative estimate of drug-likeness (QED) is 0.478. The van der Waals surface area contributed by atoms with Gasteiger partial charge in [-0.15, -0.1) is 13.2 Å². The molecule has 0 fully saturated rings. The maximum Gasteiger partial charge on any atom is 2.00 e. The third kappa shape index (κ3) is 31.3. The van der Waals surface area contributed by atoms with Gasteiger partial charge in [0, 0.05) is 0 Å². The Hall–Kier alpha value is 1.18. The van der Waals surface area contributed by atoms with E-state index < -0.39 is 0 Å². The zero-order chi connectivity index (χ0) is 11.1. The maximum atomic E-state index is 9.80. The minimum absolute atomic E-state index is 0. The molecular weight excluding hydrogens is 216 g/mol. The van der Waals surface area contributed by atoms with Gasteiger partial charge in [-0.3, -0.25) is 0 Å². The van der Waals surface area contributed by atoms with Gasteiger partial charge in [0.1, 0.15) is 0 Å². The summed E-state index contributed by atoms with van der Waals surface area (Å²) in [6, 6.07) is 0. The van der Waals surface area contributed by atoms with Gasteiger partial charge in [0.25, 0.3) is 0 Å². The van der Waals surface area contributed by atoms with Gasteiger partial charge in [0.15, 0.2) is 0 Å². The molecular formula is C12H26CaO2. The Labute approximate surface area is 125 Å². The zero-order valence-electron chi connectivity index (χ0n) is 10.6. The van der Waals surface area contributed by atoms with Gasteiger partial charge in [-0.1, -0.05) is 65.2 Å². The monoisotopic (exact) mass is 242 g/mol. The van der Waals surface area contributed by atoms with E-state index >= 15 is 0 Å². The molecule has 0 saturated heterocycles. The fourth-order valence-corrected chi connectivity index (χ4v) is 1.06. The Morgan fingerprint density at radius 3 is 1.13 bits per heavy atom. The van der Waals surface area contributed by atoms with Crippen LogP contribution >= 0.6 is 0 Å². The van der Waals surface area contributed by atoms with E-state index in [1.807, 2.05) is 0 Å². The van der Waals surface area contributed by atoms with E-state index in [2.05, 4.69) is 13.8 Å². The molecule has 0 radical (unpaired) electrons. The van der Waals surface area contributed by atoms with Crippen LogP contribution in [0.25, 0.3) is 0 Å². The Kier molecular flexibility index (Phi) is 34.9. The molecule has 15 heavy (non-hydrogen) atoms. The van der Waals surface area contributed by atoms with E-state index in [0.717, 1.165) is 25.7 Å². The number of hydrogen-bond acceptors (Lipinski definition) is 2. The third-order valence-corrected chi connectivity index (χ3v) is 2.00. The first-order valence-electron chi connectivity index (χ1n) is 5.99. The minimum atomic E-state index is 0. The van der Waals surface area contributed by atoms with Crippen LogP contribution in [0.4, 0.5) is 0 Å². The molecule has 0 aliphatic heterocycles. The van der Waals surface area contributed by atoms with Crippen LogP contribution in [0, 0.1) is 0 Å². The van der Waals surface area contributed by atoms with E-state index in [1.54, 1.807) is 0 Å². The van der Waals surface area contributed by atoms with Gasteiger partial charge in [0.2, 0.25) is 0 Å². The van der Waals surface area contributed by atoms with Crippen LogP contribution in [-0.4, -0.2) is 51.0 Å². The van der Waals surface area contributed by atoms with Crippen molar-refractivity contribution in [2.24, 2.45) is 0 Å². The van der Waals surface area contributed by atoms with Crippen molar-refractivity contribution in [1.82, 2.24) is 0 Å². The van der Waals surface area contributed by atoms with Crippen LogP contribution in [0.5, 0.6) is 0 Å². The molecule has 0 aromatic carbocycles. The molecule has 3 heteroatoms. The smallest absolute Gasteiger partial charge is 0.854 e. The van der Waals surface area contributed by atoms with Gasteiger partial charge < -0.3 is 10.2 Å². The van der Waals surface area contributed by atoms with Crippen LogP contribution in [-0.2, 0) is 0 Å². The maximum absolute atomic E-state index is 9.80. The van der Waals surface area contributed by atoms with Crippen molar-refractivity contribution in [1.29, 1.82) is 0 Å². The molecule has 0 N–H and O–H groups in total. The van der Waals surface area contributed by atoms with Crippen molar-refractivity contribution in [3.63, 3.8) is 0 Å². The number of rotatable bonds is 8. The molecule has 0 spiro atoms. The summed E-state index contributed by atoms with van der Waals surface area (Å²) in [6.45, 7) is 4.51. The molecule has 0 heterocycles. The normalized spacial score (nSPS) is 8.80. The van der Waals surface area contributed by atoms with Crippen molar-refractivity contribution in [2.45, 2.75) is 65.2 Å². The molecule has 0 aliphatic carbocycles. The van der Waals surface area contributed by atoms with Crippen molar-refractivity contribution in [3.8, 4) is 0 Å². The van der Waals surface area contributed by atoms with Gasteiger partial charge in [-0.25, -0.2) is 0 Å². The predicted molar refractivity (Wildman–Crippen MR) is 63.8 cm³/mol. The predicted octanol–water partition coefficient (Wildman–Crippen LogP) is 1.47. The van der Waals surface area contributed by atoms with Gasteiger partial charge in [-0.05, 0) is 0 Å². The molecule has 88 valence electrons. The second kappa shape index (κ2) is 24.4. The molecule has 0 aromatic rings. The van der Waals surface area contributed by atoms with Crippen LogP contribution in [0.2, 0.25) is 0 Å². The van der Waals surface area contributed by atoms with E-state index in [1.165, 1.54) is 25.7 Å². The fraction of sp³-hybridized carbons (Fsp3) is 1.00. The van der Waals surface area contributed by atoms with E-state index in [-0.39, 0.29) is 51.0 Å². The first kappa shape index (κ1) is 21.5. The Morgan fingerprint density at radius 1 is 0.600 bits per heavy atom. The molecule has 0 unspecified atom stereocenters. The third-order valence-electron chi connectivity index (χ3n) is 2.00. The first-order valence-corrected chi connectivity index (χ1v) is 5.99. The first-order chi connectivity index (χ1) is 6.83. The molecule has 0 rings (SSSR count). The topological polar surface area (TPSA) is 46.1 Å². The molecule has 2 nitrogen and oxygen atoms in total. The summed E-state index contributed by atoms with van der Waals surface area (Å²) in [5, 5.41) is 19.6. The van der Waals surface area contributed by atoms with E-state index in [0.29, 0.717) is 0 Å². The van der Waals surface area contributed by atoms with Crippen molar-refractivity contribution < 1.29 is 10.2 Å². The summed E-state index contributed by atoms with van der Waals surface area (Å²) >= 11 is 0. The largest absolute Gasteiger partial charge is 2.00 e. The Bertz CT molecular complexity index is 62.0. The summed E-state index contributed by atoms with van der Waals surface area (Å²) in [5.74, 6) is 0. The summed E-state index contributed by atoms with van der Waals surface area (Å²) in [7, 11) is 0. The Morgan fingerprint density at radius 2 is 0.933 bits per heavy atom. The molecule has 0 aliphatic rings. The standard InChI is InChI=1S/2C6H13O.Ca/c2*1-2-3-4-5-6-7;/h2*2-6H2,1H3;/q2*-1;+2. The summed E-state index contributed by atoms with van der Waals surface area (Å²) in [5.41, 5.74) is 0. The summed E-state index contributed by atoms with van der Waals surface area (Å²) < 4.78 is 0. The van der Waals surface area contributed by atoms with Crippen LogP contribution in [0.3, 0.4) is 0 Å². The number of unbranched alkanes of at least 4 members (excludes halogenated alkanes) is 6. The van der Waals surface area contributed by atoms with Crippen LogP contribution < -0.4 is 10.2 Å². The average Bonchev–Trinajstić information content (AvgIpc) is 2.21. The molecule has 0 amide bonds. The fourth-order valence-electron chi connectivity index (χ4n) is 1.06. The molecule has 0 atom stereocenters. The van der Waals surface area contributed by atoms with Crippen molar-refractivity contribution in [3.05, 3.63) is 0 Å². The van der Waals surface area contributed by atoms with E-state index in [9.17, 15) is 10.2 Å².